The van der Waals surface area contributed by atoms with E-state index in [0.29, 0.717) is 19.5 Å². The third kappa shape index (κ3) is 7.81. The Morgan fingerprint density at radius 1 is 1.00 bits per heavy atom. The van der Waals surface area contributed by atoms with Crippen LogP contribution in [-0.4, -0.2) is 54.5 Å². The molecule has 2 heterocycles. The highest BCUT2D eigenvalue weighted by atomic mass is 16.2. The second-order valence-electron chi connectivity index (χ2n) is 9.17. The highest BCUT2D eigenvalue weighted by Crippen LogP contribution is 2.17. The van der Waals surface area contributed by atoms with Gasteiger partial charge in [-0.1, -0.05) is 48.5 Å². The van der Waals surface area contributed by atoms with Crippen LogP contribution in [0.1, 0.15) is 24.0 Å². The Labute approximate surface area is 212 Å². The maximum Gasteiger partial charge on any atom is 0.315 e. The fraction of sp³-hybridized carbons (Fsp3) is 0.321. The molecule has 1 fully saturated rings. The van der Waals surface area contributed by atoms with Gasteiger partial charge in [-0.05, 0) is 48.9 Å². The molecule has 1 aliphatic heterocycles. The number of anilines is 2. The summed E-state index contributed by atoms with van der Waals surface area (Å²) in [4.78, 5) is 33.4. The summed E-state index contributed by atoms with van der Waals surface area (Å²) in [6.07, 6.45) is 3.09. The van der Waals surface area contributed by atoms with Gasteiger partial charge in [0.25, 0.3) is 0 Å². The van der Waals surface area contributed by atoms with E-state index in [9.17, 15) is 9.59 Å². The molecule has 1 saturated heterocycles. The Balaban J connectivity index is 1.13. The minimum atomic E-state index is -0.181. The van der Waals surface area contributed by atoms with E-state index in [2.05, 4.69) is 42.9 Å². The lowest BCUT2D eigenvalue weighted by molar-refractivity contribution is -0.116. The predicted molar refractivity (Wildman–Crippen MR) is 143 cm³/mol. The number of pyridine rings is 1. The summed E-state index contributed by atoms with van der Waals surface area (Å²) >= 11 is 0. The van der Waals surface area contributed by atoms with Gasteiger partial charge in [0.15, 0.2) is 0 Å². The minimum absolute atomic E-state index is 0.0172. The first-order valence-corrected chi connectivity index (χ1v) is 12.4. The van der Waals surface area contributed by atoms with E-state index in [0.717, 1.165) is 43.1 Å². The summed E-state index contributed by atoms with van der Waals surface area (Å²) in [6.45, 7) is 3.53. The van der Waals surface area contributed by atoms with Gasteiger partial charge in [0.05, 0.1) is 0 Å². The molecule has 36 heavy (non-hydrogen) atoms. The molecule has 3 N–H and O–H groups in total. The van der Waals surface area contributed by atoms with Gasteiger partial charge in [0.2, 0.25) is 5.91 Å². The van der Waals surface area contributed by atoms with Crippen molar-refractivity contribution in [1.82, 2.24) is 20.5 Å². The van der Waals surface area contributed by atoms with Gasteiger partial charge >= 0.3 is 6.03 Å². The van der Waals surface area contributed by atoms with E-state index < -0.39 is 0 Å². The highest BCUT2D eigenvalue weighted by molar-refractivity contribution is 5.90. The Morgan fingerprint density at radius 3 is 2.53 bits per heavy atom. The molecule has 0 spiro atoms. The zero-order valence-electron chi connectivity index (χ0n) is 20.7. The first-order chi connectivity index (χ1) is 17.5. The Hall–Kier alpha value is -3.91. The molecule has 1 unspecified atom stereocenters. The number of urea groups is 1. The van der Waals surface area contributed by atoms with Crippen LogP contribution in [0.5, 0.6) is 0 Å². The molecular weight excluding hydrogens is 452 g/mol. The summed E-state index contributed by atoms with van der Waals surface area (Å²) in [7, 11) is 2.02. The number of aromatic nitrogens is 1. The quantitative estimate of drug-likeness (QED) is 0.407. The zero-order chi connectivity index (χ0) is 25.2. The van der Waals surface area contributed by atoms with Crippen molar-refractivity contribution in [3.63, 3.8) is 0 Å². The van der Waals surface area contributed by atoms with Crippen LogP contribution in [0.3, 0.4) is 0 Å². The van der Waals surface area contributed by atoms with E-state index in [1.54, 1.807) is 6.20 Å². The van der Waals surface area contributed by atoms with E-state index in [4.69, 9.17) is 0 Å². The van der Waals surface area contributed by atoms with Crippen molar-refractivity contribution in [2.24, 2.45) is 0 Å². The van der Waals surface area contributed by atoms with Crippen LogP contribution in [0.4, 0.5) is 16.3 Å². The van der Waals surface area contributed by atoms with Crippen LogP contribution in [0.2, 0.25) is 0 Å². The molecule has 4 rings (SSSR count). The lowest BCUT2D eigenvalue weighted by atomic mass is 10.2. The molecular formula is C28H34N6O2. The number of nitrogens with zero attached hydrogens (tertiary/aromatic N) is 3. The first kappa shape index (κ1) is 25.2. The fourth-order valence-corrected chi connectivity index (χ4v) is 4.24. The number of hydrogen-bond donors (Lipinski definition) is 3. The number of benzene rings is 2. The van der Waals surface area contributed by atoms with Crippen LogP contribution < -0.4 is 20.9 Å². The van der Waals surface area contributed by atoms with Gasteiger partial charge in [0.1, 0.15) is 5.82 Å². The number of carbonyl (C=O) groups excluding carboxylic acids is 2. The molecule has 3 amide bonds. The van der Waals surface area contributed by atoms with Crippen molar-refractivity contribution < 1.29 is 9.59 Å². The summed E-state index contributed by atoms with van der Waals surface area (Å²) in [5, 5.41) is 8.90. The maximum absolute atomic E-state index is 12.4. The summed E-state index contributed by atoms with van der Waals surface area (Å²) in [5.74, 6) is 0.921. The lowest BCUT2D eigenvalue weighted by Crippen LogP contribution is -2.43. The topological polar surface area (TPSA) is 89.6 Å². The predicted octanol–water partition coefficient (Wildman–Crippen LogP) is 3.62. The van der Waals surface area contributed by atoms with Gasteiger partial charge in [-0.3, -0.25) is 4.79 Å². The number of carbonyl (C=O) groups is 2. The molecule has 0 radical (unpaired) electrons. The van der Waals surface area contributed by atoms with E-state index in [1.165, 1.54) is 5.56 Å². The number of nitrogens with one attached hydrogen (secondary N) is 3. The third-order valence-corrected chi connectivity index (χ3v) is 6.20. The highest BCUT2D eigenvalue weighted by Gasteiger charge is 2.24. The number of rotatable bonds is 10. The Bertz CT molecular complexity index is 1110. The largest absolute Gasteiger partial charge is 0.354 e. The third-order valence-electron chi connectivity index (χ3n) is 6.20. The monoisotopic (exact) mass is 486 g/mol. The zero-order valence-corrected chi connectivity index (χ0v) is 20.7. The van der Waals surface area contributed by atoms with Crippen LogP contribution >= 0.6 is 0 Å². The van der Waals surface area contributed by atoms with Crippen molar-refractivity contribution in [1.29, 1.82) is 0 Å². The van der Waals surface area contributed by atoms with Gasteiger partial charge < -0.3 is 25.8 Å². The Morgan fingerprint density at radius 2 is 1.78 bits per heavy atom. The van der Waals surface area contributed by atoms with Gasteiger partial charge in [-0.15, -0.1) is 0 Å². The van der Waals surface area contributed by atoms with Crippen LogP contribution in [0.25, 0.3) is 0 Å². The smallest absolute Gasteiger partial charge is 0.315 e. The SMILES string of the molecule is CN(CCC(=O)Nc1ccc(CNC(=O)NC2CCN(c3ccccn3)C2)cc1)Cc1ccccc1. The average molecular weight is 487 g/mol. The molecule has 188 valence electrons. The summed E-state index contributed by atoms with van der Waals surface area (Å²) < 4.78 is 0. The summed E-state index contributed by atoms with van der Waals surface area (Å²) in [6, 6.07) is 23.5. The van der Waals surface area contributed by atoms with Crippen LogP contribution in [0.15, 0.2) is 79.0 Å². The molecule has 1 aromatic heterocycles. The van der Waals surface area contributed by atoms with Crippen molar-refractivity contribution in [2.45, 2.75) is 32.0 Å². The number of amides is 3. The molecule has 8 nitrogen and oxygen atoms in total. The molecule has 1 atom stereocenters. The maximum atomic E-state index is 12.4. The summed E-state index contributed by atoms with van der Waals surface area (Å²) in [5.41, 5.74) is 2.94. The number of hydrogen-bond acceptors (Lipinski definition) is 5. The first-order valence-electron chi connectivity index (χ1n) is 12.4. The standard InChI is InChI=1S/C28H34N6O2/c1-33(20-23-7-3-2-4-8-23)17-15-27(35)31-24-12-10-22(11-13-24)19-30-28(36)32-25-14-18-34(21-25)26-9-5-6-16-29-26/h2-13,16,25H,14-15,17-21H2,1H3,(H,31,35)(H2,30,32,36). The second-order valence-corrected chi connectivity index (χ2v) is 9.17. The normalized spacial score (nSPS) is 15.1. The molecule has 2 aromatic carbocycles. The van der Waals surface area contributed by atoms with E-state index in [1.807, 2.05) is 67.7 Å². The van der Waals surface area contributed by atoms with Crippen molar-refractivity contribution in [3.05, 3.63) is 90.1 Å². The average Bonchev–Trinajstić information content (AvgIpc) is 3.37. The van der Waals surface area contributed by atoms with Crippen LogP contribution in [0, 0.1) is 0 Å². The van der Waals surface area contributed by atoms with Crippen molar-refractivity contribution >= 4 is 23.4 Å². The molecule has 3 aromatic rings. The van der Waals surface area contributed by atoms with E-state index >= 15 is 0 Å². The van der Waals surface area contributed by atoms with Crippen molar-refractivity contribution in [2.75, 3.05) is 36.9 Å². The van der Waals surface area contributed by atoms with Gasteiger partial charge in [-0.2, -0.15) is 0 Å². The van der Waals surface area contributed by atoms with Crippen molar-refractivity contribution in [3.8, 4) is 0 Å². The Kier molecular flexibility index (Phi) is 8.88. The van der Waals surface area contributed by atoms with Crippen LogP contribution in [-0.2, 0) is 17.9 Å². The lowest BCUT2D eigenvalue weighted by Gasteiger charge is -2.18. The van der Waals surface area contributed by atoms with E-state index in [-0.39, 0.29) is 18.0 Å². The van der Waals surface area contributed by atoms with Gasteiger partial charge in [-0.25, -0.2) is 9.78 Å². The fourth-order valence-electron chi connectivity index (χ4n) is 4.24. The molecule has 1 aliphatic rings. The molecule has 0 bridgehead atoms. The molecule has 0 saturated carbocycles. The second kappa shape index (κ2) is 12.7. The minimum Gasteiger partial charge on any atom is -0.354 e. The molecule has 0 aliphatic carbocycles. The van der Waals surface area contributed by atoms with Gasteiger partial charge in [0, 0.05) is 57.1 Å². The molecule has 8 heteroatoms.